The minimum absolute atomic E-state index is 0.0503. The number of nitrogens with two attached hydrogens (primary N) is 1. The quantitative estimate of drug-likeness (QED) is 0.901. The predicted molar refractivity (Wildman–Crippen MR) is 84.7 cm³/mol. The zero-order valence-electron chi connectivity index (χ0n) is 12.2. The van der Waals surface area contributed by atoms with Crippen LogP contribution in [0.3, 0.4) is 0 Å². The maximum atomic E-state index is 12.0. The molecule has 0 radical (unpaired) electrons. The van der Waals surface area contributed by atoms with Gasteiger partial charge in [-0.05, 0) is 37.5 Å². The SMILES string of the molecule is CNC(=O)c1sc(N2CCCC(C)C2)c(C2CC2)c1N. The Kier molecular flexibility index (Phi) is 3.63. The fourth-order valence-corrected chi connectivity index (χ4v) is 4.39. The van der Waals surface area contributed by atoms with Crippen molar-refractivity contribution in [3.8, 4) is 0 Å². The van der Waals surface area contributed by atoms with Crippen molar-refractivity contribution in [3.63, 3.8) is 0 Å². The van der Waals surface area contributed by atoms with E-state index in [-0.39, 0.29) is 5.91 Å². The van der Waals surface area contributed by atoms with Gasteiger partial charge in [-0.1, -0.05) is 6.92 Å². The van der Waals surface area contributed by atoms with Crippen molar-refractivity contribution >= 4 is 27.9 Å². The molecule has 1 saturated heterocycles. The molecule has 1 saturated carbocycles. The average Bonchev–Trinajstić information content (AvgIpc) is 3.21. The van der Waals surface area contributed by atoms with E-state index in [0.717, 1.165) is 24.7 Å². The van der Waals surface area contributed by atoms with Crippen LogP contribution in [0.2, 0.25) is 0 Å². The van der Waals surface area contributed by atoms with Crippen molar-refractivity contribution in [1.82, 2.24) is 5.32 Å². The van der Waals surface area contributed by atoms with E-state index in [2.05, 4.69) is 17.1 Å². The molecule has 1 aromatic heterocycles. The van der Waals surface area contributed by atoms with Gasteiger partial charge in [-0.2, -0.15) is 0 Å². The summed E-state index contributed by atoms with van der Waals surface area (Å²) in [4.78, 5) is 15.1. The van der Waals surface area contributed by atoms with E-state index in [1.165, 1.54) is 36.2 Å². The Labute approximate surface area is 124 Å². The summed E-state index contributed by atoms with van der Waals surface area (Å²) in [7, 11) is 1.67. The molecule has 0 aromatic carbocycles. The molecular formula is C15H23N3OS. The Hall–Kier alpha value is -1.23. The van der Waals surface area contributed by atoms with Crippen LogP contribution >= 0.6 is 11.3 Å². The molecule has 1 aliphatic carbocycles. The lowest BCUT2D eigenvalue weighted by molar-refractivity contribution is 0.0968. The molecular weight excluding hydrogens is 270 g/mol. The molecule has 1 aromatic rings. The molecule has 110 valence electrons. The topological polar surface area (TPSA) is 58.4 Å². The molecule has 4 nitrogen and oxygen atoms in total. The molecule has 1 unspecified atom stereocenters. The third kappa shape index (κ3) is 2.39. The van der Waals surface area contributed by atoms with Crippen LogP contribution < -0.4 is 16.0 Å². The molecule has 1 amide bonds. The minimum atomic E-state index is -0.0503. The van der Waals surface area contributed by atoms with Crippen molar-refractivity contribution in [3.05, 3.63) is 10.4 Å². The molecule has 2 aliphatic rings. The fraction of sp³-hybridized carbons (Fsp3) is 0.667. The smallest absolute Gasteiger partial charge is 0.263 e. The second kappa shape index (κ2) is 5.28. The summed E-state index contributed by atoms with van der Waals surface area (Å²) in [5.41, 5.74) is 8.27. The molecule has 1 aliphatic heterocycles. The maximum Gasteiger partial charge on any atom is 0.263 e. The highest BCUT2D eigenvalue weighted by Gasteiger charge is 2.35. The van der Waals surface area contributed by atoms with E-state index < -0.39 is 0 Å². The number of amides is 1. The first-order valence-electron chi connectivity index (χ1n) is 7.51. The van der Waals surface area contributed by atoms with Crippen LogP contribution in [0, 0.1) is 5.92 Å². The van der Waals surface area contributed by atoms with E-state index in [4.69, 9.17) is 5.73 Å². The van der Waals surface area contributed by atoms with E-state index in [9.17, 15) is 4.79 Å². The van der Waals surface area contributed by atoms with E-state index in [0.29, 0.717) is 10.8 Å². The van der Waals surface area contributed by atoms with Gasteiger partial charge in [0.05, 0.1) is 10.7 Å². The van der Waals surface area contributed by atoms with Crippen LogP contribution in [0.25, 0.3) is 0 Å². The highest BCUT2D eigenvalue weighted by molar-refractivity contribution is 7.18. The molecule has 2 fully saturated rings. The molecule has 3 N–H and O–H groups in total. The lowest BCUT2D eigenvalue weighted by Gasteiger charge is -2.32. The maximum absolute atomic E-state index is 12.0. The number of rotatable bonds is 3. The van der Waals surface area contributed by atoms with Gasteiger partial charge in [-0.3, -0.25) is 4.79 Å². The number of anilines is 2. The molecule has 0 bridgehead atoms. The number of carbonyl (C=O) groups is 1. The Morgan fingerprint density at radius 3 is 2.75 bits per heavy atom. The number of thiophene rings is 1. The van der Waals surface area contributed by atoms with Gasteiger partial charge in [0.1, 0.15) is 4.88 Å². The number of nitrogens with one attached hydrogen (secondary N) is 1. The van der Waals surface area contributed by atoms with Crippen LogP contribution in [0.5, 0.6) is 0 Å². The van der Waals surface area contributed by atoms with Crippen LogP contribution in [0.4, 0.5) is 10.7 Å². The summed E-state index contributed by atoms with van der Waals surface area (Å²) < 4.78 is 0. The van der Waals surface area contributed by atoms with Crippen molar-refractivity contribution in [1.29, 1.82) is 0 Å². The second-order valence-electron chi connectivity index (χ2n) is 6.11. The van der Waals surface area contributed by atoms with Gasteiger partial charge in [-0.25, -0.2) is 0 Å². The van der Waals surface area contributed by atoms with Crippen LogP contribution in [-0.4, -0.2) is 26.0 Å². The van der Waals surface area contributed by atoms with Gasteiger partial charge in [-0.15, -0.1) is 11.3 Å². The number of hydrogen-bond acceptors (Lipinski definition) is 4. The predicted octanol–water partition coefficient (Wildman–Crippen LogP) is 2.80. The number of hydrogen-bond donors (Lipinski definition) is 2. The van der Waals surface area contributed by atoms with E-state index >= 15 is 0 Å². The van der Waals surface area contributed by atoms with Gasteiger partial charge in [0.2, 0.25) is 0 Å². The normalized spacial score (nSPS) is 22.9. The zero-order chi connectivity index (χ0) is 14.3. The Bertz CT molecular complexity index is 521. The standard InChI is InChI=1S/C15H23N3OS/c1-9-4-3-7-18(8-9)15-11(10-5-6-10)12(16)13(20-15)14(19)17-2/h9-10H,3-8,16H2,1-2H3,(H,17,19). The van der Waals surface area contributed by atoms with Crippen molar-refractivity contribution in [2.24, 2.45) is 5.92 Å². The summed E-state index contributed by atoms with van der Waals surface area (Å²) in [5.74, 6) is 1.25. The zero-order valence-corrected chi connectivity index (χ0v) is 13.1. The second-order valence-corrected chi connectivity index (χ2v) is 7.11. The fourth-order valence-electron chi connectivity index (χ4n) is 3.10. The molecule has 2 heterocycles. The number of nitrogen functional groups attached to an aromatic ring is 1. The summed E-state index contributed by atoms with van der Waals surface area (Å²) in [6, 6.07) is 0. The van der Waals surface area contributed by atoms with Crippen molar-refractivity contribution in [2.75, 3.05) is 30.8 Å². The minimum Gasteiger partial charge on any atom is -0.397 e. The first-order valence-corrected chi connectivity index (χ1v) is 8.32. The summed E-state index contributed by atoms with van der Waals surface area (Å²) in [6.45, 7) is 4.49. The summed E-state index contributed by atoms with van der Waals surface area (Å²) in [6.07, 6.45) is 4.96. The van der Waals surface area contributed by atoms with Gasteiger partial charge in [0.15, 0.2) is 0 Å². The van der Waals surface area contributed by atoms with Gasteiger partial charge in [0.25, 0.3) is 5.91 Å². The van der Waals surface area contributed by atoms with E-state index in [1.54, 1.807) is 18.4 Å². The lowest BCUT2D eigenvalue weighted by atomic mass is 10.00. The monoisotopic (exact) mass is 293 g/mol. The highest BCUT2D eigenvalue weighted by atomic mass is 32.1. The van der Waals surface area contributed by atoms with Crippen LogP contribution in [0.15, 0.2) is 0 Å². The van der Waals surface area contributed by atoms with Crippen molar-refractivity contribution in [2.45, 2.75) is 38.5 Å². The first kappa shape index (κ1) is 13.7. The third-order valence-electron chi connectivity index (χ3n) is 4.33. The van der Waals surface area contributed by atoms with Gasteiger partial charge in [0, 0.05) is 25.7 Å². The van der Waals surface area contributed by atoms with Gasteiger partial charge >= 0.3 is 0 Å². The molecule has 3 rings (SSSR count). The van der Waals surface area contributed by atoms with Crippen LogP contribution in [-0.2, 0) is 0 Å². The van der Waals surface area contributed by atoms with Crippen LogP contribution in [0.1, 0.15) is 53.8 Å². The number of piperidine rings is 1. The number of nitrogens with zero attached hydrogens (tertiary/aromatic N) is 1. The summed E-state index contributed by atoms with van der Waals surface area (Å²) >= 11 is 1.58. The van der Waals surface area contributed by atoms with E-state index in [1.807, 2.05) is 0 Å². The molecule has 20 heavy (non-hydrogen) atoms. The molecule has 0 spiro atoms. The highest BCUT2D eigenvalue weighted by Crippen LogP contribution is 2.52. The summed E-state index contributed by atoms with van der Waals surface area (Å²) in [5, 5.41) is 3.97. The largest absolute Gasteiger partial charge is 0.397 e. The Morgan fingerprint density at radius 1 is 1.40 bits per heavy atom. The number of carbonyl (C=O) groups excluding carboxylic acids is 1. The lowest BCUT2D eigenvalue weighted by Crippen LogP contribution is -2.34. The third-order valence-corrected chi connectivity index (χ3v) is 5.61. The Balaban J connectivity index is 1.98. The van der Waals surface area contributed by atoms with Crippen molar-refractivity contribution < 1.29 is 4.79 Å². The molecule has 1 atom stereocenters. The van der Waals surface area contributed by atoms with Gasteiger partial charge < -0.3 is 16.0 Å². The average molecular weight is 293 g/mol. The first-order chi connectivity index (χ1) is 9.61. The Morgan fingerprint density at radius 2 is 2.15 bits per heavy atom. The molecule has 5 heteroatoms.